The third-order valence-electron chi connectivity index (χ3n) is 0. The van der Waals surface area contributed by atoms with Gasteiger partial charge in [0, 0.05) is 17.1 Å². The zero-order valence-corrected chi connectivity index (χ0v) is 7.82. The van der Waals surface area contributed by atoms with E-state index in [4.69, 9.17) is 0 Å². The fraction of sp³-hybridized carbons (Fsp3) is 0. The van der Waals surface area contributed by atoms with Crippen molar-refractivity contribution in [2.24, 2.45) is 0 Å². The van der Waals surface area contributed by atoms with Crippen LogP contribution in [-0.2, 0) is 17.1 Å². The number of hydrogen-bond acceptors (Lipinski definition) is 0. The first-order chi connectivity index (χ1) is 0. The molecule has 0 unspecified atom stereocenters. The van der Waals surface area contributed by atoms with Crippen molar-refractivity contribution in [1.82, 2.24) is 0 Å². The molecule has 0 aromatic rings. The summed E-state index contributed by atoms with van der Waals surface area (Å²) in [7, 11) is 0. The molecule has 0 rings (SSSR count). The van der Waals surface area contributed by atoms with Crippen molar-refractivity contribution in [2.75, 3.05) is 0 Å². The molecule has 0 spiro atoms. The van der Waals surface area contributed by atoms with Crippen LogP contribution in [0.25, 0.3) is 0 Å². The molecule has 1 radical (unpaired) electrons. The van der Waals surface area contributed by atoms with Crippen molar-refractivity contribution >= 4 is 24.8 Å². The molecule has 0 heterocycles. The van der Waals surface area contributed by atoms with Crippen molar-refractivity contribution in [3.8, 4) is 0 Å². The SMILES string of the molecule is Cl.Cl.[Cu].[H-].[K+]. The van der Waals surface area contributed by atoms with Crippen LogP contribution in [-0.4, -0.2) is 0 Å². The Morgan fingerprint density at radius 3 is 1.00 bits per heavy atom. The van der Waals surface area contributed by atoms with Gasteiger partial charge >= 0.3 is 51.4 Å². The first-order valence-corrected chi connectivity index (χ1v) is 0. The van der Waals surface area contributed by atoms with Crippen LogP contribution in [0.1, 0.15) is 1.43 Å². The van der Waals surface area contributed by atoms with E-state index >= 15 is 0 Å². The average Bonchev–Trinajstić information content (AvgIpc) is 0. The minimum atomic E-state index is 0. The summed E-state index contributed by atoms with van der Waals surface area (Å²) in [6.45, 7) is 0. The molecule has 0 aromatic heterocycles. The van der Waals surface area contributed by atoms with Crippen molar-refractivity contribution < 1.29 is 69.9 Å². The van der Waals surface area contributed by atoms with Gasteiger partial charge in [-0.3, -0.25) is 0 Å². The van der Waals surface area contributed by atoms with Gasteiger partial charge in [0.15, 0.2) is 0 Å². The summed E-state index contributed by atoms with van der Waals surface area (Å²) in [5, 5.41) is 0. The molecule has 0 aliphatic carbocycles. The first-order valence-electron chi connectivity index (χ1n) is 0. The Balaban J connectivity index is 0. The van der Waals surface area contributed by atoms with Gasteiger partial charge < -0.3 is 1.43 Å². The predicted octanol–water partition coefficient (Wildman–Crippen LogP) is -2.04. The number of rotatable bonds is 0. The van der Waals surface area contributed by atoms with Gasteiger partial charge in [0.25, 0.3) is 0 Å². The Kier molecular flexibility index (Phi) is 127. The second-order valence-electron chi connectivity index (χ2n) is 0. The Bertz CT molecular complexity index is 9.61. The summed E-state index contributed by atoms with van der Waals surface area (Å²) in [4.78, 5) is 0. The third kappa shape index (κ3) is 8.83. The summed E-state index contributed by atoms with van der Waals surface area (Å²) in [6, 6.07) is 0. The topological polar surface area (TPSA) is 0 Å². The second kappa shape index (κ2) is 17.2. The minimum absolute atomic E-state index is 0. The van der Waals surface area contributed by atoms with Crippen LogP contribution in [0.2, 0.25) is 0 Å². The van der Waals surface area contributed by atoms with Gasteiger partial charge in [-0.2, -0.15) is 0 Å². The van der Waals surface area contributed by atoms with Gasteiger partial charge in [0.05, 0.1) is 0 Å². The maximum absolute atomic E-state index is 0. The Morgan fingerprint density at radius 1 is 1.00 bits per heavy atom. The van der Waals surface area contributed by atoms with Crippen LogP contribution < -0.4 is 51.4 Å². The molecular formula is H3Cl2CuK. The smallest absolute Gasteiger partial charge is 1.00 e. The Labute approximate surface area is 92.7 Å². The summed E-state index contributed by atoms with van der Waals surface area (Å²) < 4.78 is 0. The fourth-order valence-corrected chi connectivity index (χ4v) is 0. The fourth-order valence-electron chi connectivity index (χ4n) is 0. The van der Waals surface area contributed by atoms with E-state index in [-0.39, 0.29) is 94.7 Å². The molecule has 0 N–H and O–H groups in total. The number of halogens is 2. The molecule has 0 aliphatic rings. The van der Waals surface area contributed by atoms with Crippen LogP contribution in [0.3, 0.4) is 0 Å². The van der Waals surface area contributed by atoms with Gasteiger partial charge in [0.1, 0.15) is 0 Å². The van der Waals surface area contributed by atoms with E-state index in [1.165, 1.54) is 0 Å². The minimum Gasteiger partial charge on any atom is -1.00 e. The van der Waals surface area contributed by atoms with Crippen molar-refractivity contribution in [2.45, 2.75) is 0 Å². The maximum Gasteiger partial charge on any atom is 1.00 e. The molecule has 0 bridgehead atoms. The summed E-state index contributed by atoms with van der Waals surface area (Å²) in [5.74, 6) is 0. The quantitative estimate of drug-likeness (QED) is 0.373. The largest absolute Gasteiger partial charge is 1.00 e. The predicted molar refractivity (Wildman–Crippen MR) is 15.6 cm³/mol. The van der Waals surface area contributed by atoms with Gasteiger partial charge in [-0.25, -0.2) is 0 Å². The normalized spacial score (nSPS) is 0. The second-order valence-corrected chi connectivity index (χ2v) is 0. The molecule has 4 heteroatoms. The van der Waals surface area contributed by atoms with E-state index in [0.717, 1.165) is 0 Å². The van der Waals surface area contributed by atoms with E-state index in [2.05, 4.69) is 0 Å². The van der Waals surface area contributed by atoms with Crippen LogP contribution in [0, 0.1) is 0 Å². The van der Waals surface area contributed by atoms with E-state index in [1.54, 1.807) is 0 Å². The van der Waals surface area contributed by atoms with Crippen molar-refractivity contribution in [3.05, 3.63) is 0 Å². The van der Waals surface area contributed by atoms with Crippen LogP contribution in [0.4, 0.5) is 0 Å². The molecule has 0 saturated heterocycles. The van der Waals surface area contributed by atoms with E-state index in [1.807, 2.05) is 0 Å². The van der Waals surface area contributed by atoms with Gasteiger partial charge in [0.2, 0.25) is 0 Å². The molecule has 0 amide bonds. The Hall–Kier alpha value is 2.74. The van der Waals surface area contributed by atoms with Gasteiger partial charge in [-0.15, -0.1) is 24.8 Å². The van der Waals surface area contributed by atoms with Crippen molar-refractivity contribution in [3.63, 3.8) is 0 Å². The number of hydrogen-bond donors (Lipinski definition) is 0. The zero-order chi connectivity index (χ0) is 0. The van der Waals surface area contributed by atoms with E-state index in [9.17, 15) is 0 Å². The van der Waals surface area contributed by atoms with Crippen LogP contribution in [0.5, 0.6) is 0 Å². The van der Waals surface area contributed by atoms with Crippen LogP contribution in [0.15, 0.2) is 0 Å². The Morgan fingerprint density at radius 2 is 1.00 bits per heavy atom. The maximum atomic E-state index is 0. The standard InChI is InChI=1S/2ClH.Cu.K.H/h2*1H;;;/q;;;+1;-1. The van der Waals surface area contributed by atoms with E-state index in [0.29, 0.717) is 0 Å². The molecule has 0 saturated carbocycles. The monoisotopic (exact) mass is 175 g/mol. The summed E-state index contributed by atoms with van der Waals surface area (Å²) in [6.07, 6.45) is 0. The van der Waals surface area contributed by atoms with E-state index < -0.39 is 0 Å². The average molecular weight is 177 g/mol. The molecule has 0 nitrogen and oxygen atoms in total. The summed E-state index contributed by atoms with van der Waals surface area (Å²) in [5.41, 5.74) is 0. The molecule has 29 valence electrons. The molecule has 0 atom stereocenters. The molecule has 0 aliphatic heterocycles. The molecule has 0 fully saturated rings. The molecular weight excluding hydrogens is 174 g/mol. The molecule has 4 heavy (non-hydrogen) atoms. The van der Waals surface area contributed by atoms with Gasteiger partial charge in [-0.1, -0.05) is 0 Å². The van der Waals surface area contributed by atoms with Crippen LogP contribution >= 0.6 is 24.8 Å². The third-order valence-corrected chi connectivity index (χ3v) is 0. The zero-order valence-electron chi connectivity index (χ0n) is 3.12. The molecule has 0 aromatic carbocycles. The summed E-state index contributed by atoms with van der Waals surface area (Å²) >= 11 is 0. The van der Waals surface area contributed by atoms with Crippen molar-refractivity contribution in [1.29, 1.82) is 0 Å². The first kappa shape index (κ1) is 29.6. The van der Waals surface area contributed by atoms with Gasteiger partial charge in [-0.05, 0) is 0 Å².